The molecule has 1 aliphatic heterocycles. The Kier molecular flexibility index (Phi) is 61.2. The van der Waals surface area contributed by atoms with Gasteiger partial charge < -0.3 is 40.3 Å². The third-order valence-electron chi connectivity index (χ3n) is 17.6. The fourth-order valence-electron chi connectivity index (χ4n) is 11.9. The Hall–Kier alpha value is -1.85. The largest absolute Gasteiger partial charge is 0.394 e. The highest BCUT2D eigenvalue weighted by molar-refractivity contribution is 5.76. The van der Waals surface area contributed by atoms with E-state index in [0.717, 1.165) is 44.9 Å². The van der Waals surface area contributed by atoms with Crippen LogP contribution in [0, 0.1) is 0 Å². The van der Waals surface area contributed by atoms with E-state index in [9.17, 15) is 30.3 Å². The van der Waals surface area contributed by atoms with E-state index >= 15 is 0 Å². The third kappa shape index (κ3) is 52.1. The Morgan fingerprint density at radius 3 is 1.07 bits per heavy atom. The van der Waals surface area contributed by atoms with Crippen molar-refractivity contribution in [2.45, 2.75) is 410 Å². The molecule has 1 fully saturated rings. The Morgan fingerprint density at radius 1 is 0.405 bits per heavy atom. The number of rotatable bonds is 65. The van der Waals surface area contributed by atoms with Crippen LogP contribution in [-0.4, -0.2) is 87.5 Å². The predicted octanol–water partition coefficient (Wildman–Crippen LogP) is 20.4. The van der Waals surface area contributed by atoms with Crippen LogP contribution in [0.2, 0.25) is 0 Å². The Balaban J connectivity index is 2.10. The highest BCUT2D eigenvalue weighted by Gasteiger charge is 2.44. The average Bonchev–Trinajstić information content (AvgIpc) is 3.70. The first-order valence-corrected chi connectivity index (χ1v) is 36.9. The zero-order valence-electron chi connectivity index (χ0n) is 55.4. The van der Waals surface area contributed by atoms with Crippen molar-refractivity contribution < 1.29 is 39.8 Å². The molecule has 0 bridgehead atoms. The summed E-state index contributed by atoms with van der Waals surface area (Å²) in [5, 5.41) is 54.8. The minimum atomic E-state index is -1.57. The molecule has 0 saturated carbocycles. The van der Waals surface area contributed by atoms with Gasteiger partial charge in [-0.25, -0.2) is 0 Å². The Labute approximate surface area is 520 Å². The number of hydrogen-bond donors (Lipinski definition) is 6. The molecule has 7 unspecified atom stereocenters. The number of nitrogens with one attached hydrogen (secondary N) is 1. The van der Waals surface area contributed by atoms with Crippen molar-refractivity contribution in [1.29, 1.82) is 0 Å². The molecule has 0 aromatic heterocycles. The van der Waals surface area contributed by atoms with Gasteiger partial charge in [0.25, 0.3) is 0 Å². The second-order valence-electron chi connectivity index (χ2n) is 25.7. The average molecular weight is 1180 g/mol. The van der Waals surface area contributed by atoms with Crippen LogP contribution in [-0.2, 0) is 14.3 Å². The van der Waals surface area contributed by atoms with E-state index in [0.29, 0.717) is 6.42 Å². The molecular formula is C75H141NO8. The zero-order chi connectivity index (χ0) is 60.7. The number of amides is 1. The lowest BCUT2D eigenvalue weighted by Gasteiger charge is -2.40. The number of carbonyl (C=O) groups is 1. The van der Waals surface area contributed by atoms with Crippen LogP contribution in [0.1, 0.15) is 367 Å². The van der Waals surface area contributed by atoms with Crippen LogP contribution >= 0.6 is 0 Å². The molecule has 0 aromatic rings. The number of unbranched alkanes of at least 4 members (excludes halogenated alkanes) is 49. The van der Waals surface area contributed by atoms with Gasteiger partial charge in [0.05, 0.1) is 25.4 Å². The van der Waals surface area contributed by atoms with E-state index in [2.05, 4.69) is 55.6 Å². The second-order valence-corrected chi connectivity index (χ2v) is 25.7. The van der Waals surface area contributed by atoms with Crippen molar-refractivity contribution in [3.05, 3.63) is 48.6 Å². The number of hydrogen-bond acceptors (Lipinski definition) is 8. The summed E-state index contributed by atoms with van der Waals surface area (Å²) < 4.78 is 11.3. The van der Waals surface area contributed by atoms with Crippen molar-refractivity contribution in [3.63, 3.8) is 0 Å². The van der Waals surface area contributed by atoms with Crippen LogP contribution in [0.25, 0.3) is 0 Å². The Morgan fingerprint density at radius 2 is 0.714 bits per heavy atom. The van der Waals surface area contributed by atoms with E-state index < -0.39 is 49.5 Å². The Bertz CT molecular complexity index is 1470. The molecule has 1 saturated heterocycles. The van der Waals surface area contributed by atoms with E-state index in [1.54, 1.807) is 6.08 Å². The molecule has 1 heterocycles. The lowest BCUT2D eigenvalue weighted by molar-refractivity contribution is -0.302. The van der Waals surface area contributed by atoms with E-state index in [4.69, 9.17) is 9.47 Å². The maximum absolute atomic E-state index is 13.1. The van der Waals surface area contributed by atoms with Gasteiger partial charge in [-0.3, -0.25) is 4.79 Å². The topological polar surface area (TPSA) is 149 Å². The summed E-state index contributed by atoms with van der Waals surface area (Å²) in [6.45, 7) is 3.82. The third-order valence-corrected chi connectivity index (χ3v) is 17.6. The lowest BCUT2D eigenvalue weighted by Crippen LogP contribution is -2.60. The molecule has 9 heteroatoms. The van der Waals surface area contributed by atoms with Gasteiger partial charge in [0.2, 0.25) is 5.91 Å². The number of carbonyl (C=O) groups excluding carboxylic acids is 1. The minimum absolute atomic E-state index is 0.181. The fourth-order valence-corrected chi connectivity index (χ4v) is 11.9. The number of aliphatic hydroxyl groups is 5. The quantitative estimate of drug-likeness (QED) is 0.0261. The van der Waals surface area contributed by atoms with E-state index in [-0.39, 0.29) is 12.5 Å². The molecule has 6 N–H and O–H groups in total. The van der Waals surface area contributed by atoms with Gasteiger partial charge in [0.15, 0.2) is 6.29 Å². The monoisotopic (exact) mass is 1180 g/mol. The summed E-state index contributed by atoms with van der Waals surface area (Å²) >= 11 is 0. The molecule has 0 radical (unpaired) electrons. The molecule has 7 atom stereocenters. The van der Waals surface area contributed by atoms with E-state index in [1.165, 1.54) is 302 Å². The minimum Gasteiger partial charge on any atom is -0.394 e. The first-order chi connectivity index (χ1) is 41.3. The molecule has 1 rings (SSSR count). The summed E-state index contributed by atoms with van der Waals surface area (Å²) in [5.74, 6) is -0.181. The summed E-state index contributed by atoms with van der Waals surface area (Å²) in [6, 6.07) is -0.824. The maximum atomic E-state index is 13.1. The molecule has 84 heavy (non-hydrogen) atoms. The smallest absolute Gasteiger partial charge is 0.220 e. The first-order valence-electron chi connectivity index (χ1n) is 36.9. The van der Waals surface area contributed by atoms with Crippen molar-refractivity contribution in [1.82, 2.24) is 5.32 Å². The van der Waals surface area contributed by atoms with Gasteiger partial charge in [-0.1, -0.05) is 345 Å². The number of aliphatic hydroxyl groups excluding tert-OH is 5. The van der Waals surface area contributed by atoms with Gasteiger partial charge in [0.1, 0.15) is 24.4 Å². The standard InChI is InChI=1S/C75H141NO8/c1-3-5-7-9-11-13-15-17-19-21-23-25-27-29-30-31-32-33-34-35-36-37-38-39-40-41-43-45-47-49-51-53-55-57-59-61-63-65-71(79)76-68(67-83-75-74(82)73(81)72(80)70(66-77)84-75)69(78)64-62-60-58-56-54-52-50-48-46-44-42-28-26-24-22-20-18-16-14-12-10-8-6-4-2/h30-31,33-34,54,56,62,64,68-70,72-75,77-78,80-82H,3-29,32,35-53,55,57-61,63,65-67H2,1-2H3,(H,76,79)/b31-30-,34-33-,56-54+,64-62+. The highest BCUT2D eigenvalue weighted by Crippen LogP contribution is 2.23. The van der Waals surface area contributed by atoms with Crippen LogP contribution < -0.4 is 5.32 Å². The van der Waals surface area contributed by atoms with Gasteiger partial charge in [-0.15, -0.1) is 0 Å². The van der Waals surface area contributed by atoms with E-state index in [1.807, 2.05) is 6.08 Å². The van der Waals surface area contributed by atoms with Gasteiger partial charge in [0, 0.05) is 6.42 Å². The van der Waals surface area contributed by atoms with Crippen LogP contribution in [0.15, 0.2) is 48.6 Å². The van der Waals surface area contributed by atoms with Crippen molar-refractivity contribution in [2.24, 2.45) is 0 Å². The van der Waals surface area contributed by atoms with Crippen LogP contribution in [0.4, 0.5) is 0 Å². The van der Waals surface area contributed by atoms with Gasteiger partial charge >= 0.3 is 0 Å². The fraction of sp³-hybridized carbons (Fsp3) is 0.880. The summed E-state index contributed by atoms with van der Waals surface area (Å²) in [7, 11) is 0. The van der Waals surface area contributed by atoms with Crippen LogP contribution in [0.3, 0.4) is 0 Å². The van der Waals surface area contributed by atoms with Gasteiger partial charge in [-0.05, 0) is 64.2 Å². The molecule has 0 spiro atoms. The predicted molar refractivity (Wildman–Crippen MR) is 359 cm³/mol. The number of allylic oxidation sites excluding steroid dienone is 7. The van der Waals surface area contributed by atoms with Gasteiger partial charge in [-0.2, -0.15) is 0 Å². The molecule has 1 amide bonds. The molecular weight excluding hydrogens is 1040 g/mol. The maximum Gasteiger partial charge on any atom is 0.220 e. The van der Waals surface area contributed by atoms with Crippen LogP contribution in [0.5, 0.6) is 0 Å². The number of ether oxygens (including phenoxy) is 2. The summed E-state index contributed by atoms with van der Waals surface area (Å²) in [6.07, 6.45) is 81.0. The summed E-state index contributed by atoms with van der Waals surface area (Å²) in [4.78, 5) is 13.1. The SMILES string of the molecule is CCCCCCCCCCCCCCC/C=C\C/C=C\CCCCCCCCCCCCCCCCCCCC(=O)NC(COC1OC(CO)C(O)C(O)C1O)C(O)/C=C/CC/C=C/CCCCCCCCCCCCCCCCCCCC. The first kappa shape index (κ1) is 80.2. The van der Waals surface area contributed by atoms with Crippen molar-refractivity contribution in [3.8, 4) is 0 Å². The van der Waals surface area contributed by atoms with Crippen molar-refractivity contribution in [2.75, 3.05) is 13.2 Å². The second kappa shape index (κ2) is 64.1. The molecule has 494 valence electrons. The molecule has 0 aliphatic carbocycles. The lowest BCUT2D eigenvalue weighted by atomic mass is 9.99. The summed E-state index contributed by atoms with van der Waals surface area (Å²) in [5.41, 5.74) is 0. The zero-order valence-corrected chi connectivity index (χ0v) is 55.4. The normalized spacial score (nSPS) is 18.4. The molecule has 9 nitrogen and oxygen atoms in total. The van der Waals surface area contributed by atoms with Crippen molar-refractivity contribution >= 4 is 5.91 Å². The highest BCUT2D eigenvalue weighted by atomic mass is 16.7. The molecule has 1 aliphatic rings. The molecule has 0 aromatic carbocycles.